The first-order valence-electron chi connectivity index (χ1n) is 6.94. The lowest BCUT2D eigenvalue weighted by molar-refractivity contribution is 0.414. The summed E-state index contributed by atoms with van der Waals surface area (Å²) in [7, 11) is 1.69. The minimum atomic E-state index is 0.880. The van der Waals surface area contributed by atoms with Gasteiger partial charge in [-0.2, -0.15) is 0 Å². The molecule has 3 heteroatoms. The Morgan fingerprint density at radius 1 is 1.20 bits per heavy atom. The van der Waals surface area contributed by atoms with E-state index in [9.17, 15) is 0 Å². The van der Waals surface area contributed by atoms with Crippen molar-refractivity contribution in [3.05, 3.63) is 53.1 Å². The molecule has 0 aliphatic carbocycles. The van der Waals surface area contributed by atoms with E-state index in [1.165, 1.54) is 22.4 Å². The molecule has 0 spiro atoms. The van der Waals surface area contributed by atoms with Crippen LogP contribution in [0.25, 0.3) is 0 Å². The molecule has 0 unspecified atom stereocenters. The van der Waals surface area contributed by atoms with Crippen LogP contribution in [-0.4, -0.2) is 13.7 Å². The van der Waals surface area contributed by atoms with Gasteiger partial charge < -0.3 is 15.4 Å². The molecule has 0 amide bonds. The smallest absolute Gasteiger partial charge is 0.118 e. The fraction of sp³-hybridized carbons (Fsp3) is 0.294. The summed E-state index contributed by atoms with van der Waals surface area (Å²) in [5.41, 5.74) is 12.1. The topological polar surface area (TPSA) is 38.5 Å². The molecular weight excluding hydrogens is 248 g/mol. The van der Waals surface area contributed by atoms with Gasteiger partial charge >= 0.3 is 0 Å². The Hall–Kier alpha value is -2.16. The second-order valence-electron chi connectivity index (χ2n) is 5.36. The maximum atomic E-state index is 6.04. The number of fused-ring (bicyclic) bond motifs is 1. The van der Waals surface area contributed by atoms with Gasteiger partial charge in [0.15, 0.2) is 0 Å². The number of rotatable bonds is 3. The van der Waals surface area contributed by atoms with E-state index in [4.69, 9.17) is 10.5 Å². The molecule has 1 aliphatic heterocycles. The molecule has 2 N–H and O–H groups in total. The number of hydrogen-bond acceptors (Lipinski definition) is 3. The third kappa shape index (κ3) is 2.31. The van der Waals surface area contributed by atoms with Crippen molar-refractivity contribution in [2.24, 2.45) is 0 Å². The maximum Gasteiger partial charge on any atom is 0.118 e. The lowest BCUT2D eigenvalue weighted by Gasteiger charge is -2.20. The van der Waals surface area contributed by atoms with Gasteiger partial charge in [-0.1, -0.05) is 18.2 Å². The van der Waals surface area contributed by atoms with Gasteiger partial charge in [0.1, 0.15) is 5.75 Å². The van der Waals surface area contributed by atoms with Gasteiger partial charge in [0, 0.05) is 24.5 Å². The zero-order chi connectivity index (χ0) is 14.1. The van der Waals surface area contributed by atoms with Crippen molar-refractivity contribution in [1.82, 2.24) is 0 Å². The lowest BCUT2D eigenvalue weighted by Crippen LogP contribution is -2.19. The number of ether oxygens (including phenoxy) is 1. The number of hydrogen-bond donors (Lipinski definition) is 1. The predicted molar refractivity (Wildman–Crippen MR) is 83.3 cm³/mol. The molecule has 2 aromatic carbocycles. The van der Waals surface area contributed by atoms with Crippen molar-refractivity contribution in [2.75, 3.05) is 24.3 Å². The molecule has 0 radical (unpaired) electrons. The van der Waals surface area contributed by atoms with E-state index >= 15 is 0 Å². The number of methoxy groups -OCH3 is 1. The first-order chi connectivity index (χ1) is 9.67. The number of nitrogens with two attached hydrogens (primary N) is 1. The van der Waals surface area contributed by atoms with Crippen molar-refractivity contribution in [2.45, 2.75) is 19.9 Å². The third-order valence-electron chi connectivity index (χ3n) is 3.99. The SMILES string of the molecule is COc1ccc(CN2CCc3cc(C)c(N)cc32)cc1. The number of nitrogens with zero attached hydrogens (tertiary/aromatic N) is 1. The Morgan fingerprint density at radius 2 is 1.95 bits per heavy atom. The molecule has 1 heterocycles. The molecular formula is C17H20N2O. The van der Waals surface area contributed by atoms with Crippen LogP contribution in [0.4, 0.5) is 11.4 Å². The largest absolute Gasteiger partial charge is 0.497 e. The fourth-order valence-corrected chi connectivity index (χ4v) is 2.76. The van der Waals surface area contributed by atoms with Crippen LogP contribution in [0, 0.1) is 6.92 Å². The van der Waals surface area contributed by atoms with Gasteiger partial charge in [0.05, 0.1) is 7.11 Å². The highest BCUT2D eigenvalue weighted by Gasteiger charge is 2.20. The molecule has 104 valence electrons. The molecule has 2 aromatic rings. The van der Waals surface area contributed by atoms with Crippen molar-refractivity contribution in [3.63, 3.8) is 0 Å². The maximum absolute atomic E-state index is 6.04. The number of anilines is 2. The van der Waals surface area contributed by atoms with Crippen molar-refractivity contribution < 1.29 is 4.74 Å². The quantitative estimate of drug-likeness (QED) is 0.869. The zero-order valence-electron chi connectivity index (χ0n) is 12.0. The highest BCUT2D eigenvalue weighted by molar-refractivity contribution is 5.67. The summed E-state index contributed by atoms with van der Waals surface area (Å²) in [5, 5.41) is 0. The molecule has 0 atom stereocenters. The van der Waals surface area contributed by atoms with E-state index in [-0.39, 0.29) is 0 Å². The Balaban J connectivity index is 1.82. The van der Waals surface area contributed by atoms with Gasteiger partial charge in [0.25, 0.3) is 0 Å². The summed E-state index contributed by atoms with van der Waals surface area (Å²) < 4.78 is 5.19. The van der Waals surface area contributed by atoms with E-state index in [0.29, 0.717) is 0 Å². The minimum Gasteiger partial charge on any atom is -0.497 e. The summed E-state index contributed by atoms with van der Waals surface area (Å²) in [6, 6.07) is 12.6. The van der Waals surface area contributed by atoms with Gasteiger partial charge in [-0.3, -0.25) is 0 Å². The van der Waals surface area contributed by atoms with Crippen LogP contribution in [-0.2, 0) is 13.0 Å². The highest BCUT2D eigenvalue weighted by atomic mass is 16.5. The van der Waals surface area contributed by atoms with Crippen molar-refractivity contribution >= 4 is 11.4 Å². The Morgan fingerprint density at radius 3 is 2.65 bits per heavy atom. The molecule has 0 saturated heterocycles. The minimum absolute atomic E-state index is 0.880. The molecule has 1 aliphatic rings. The van der Waals surface area contributed by atoms with Gasteiger partial charge in [0.2, 0.25) is 0 Å². The monoisotopic (exact) mass is 268 g/mol. The molecule has 0 fully saturated rings. The van der Waals surface area contributed by atoms with Crippen molar-refractivity contribution in [1.29, 1.82) is 0 Å². The first kappa shape index (κ1) is 12.9. The van der Waals surface area contributed by atoms with Crippen LogP contribution < -0.4 is 15.4 Å². The molecule has 0 saturated carbocycles. The molecule has 3 nitrogen and oxygen atoms in total. The number of aryl methyl sites for hydroxylation is 1. The van der Waals surface area contributed by atoms with E-state index in [1.807, 2.05) is 12.1 Å². The molecule has 20 heavy (non-hydrogen) atoms. The number of benzene rings is 2. The highest BCUT2D eigenvalue weighted by Crippen LogP contribution is 2.33. The van der Waals surface area contributed by atoms with Gasteiger partial charge in [-0.15, -0.1) is 0 Å². The van der Waals surface area contributed by atoms with Crippen molar-refractivity contribution in [3.8, 4) is 5.75 Å². The van der Waals surface area contributed by atoms with E-state index in [2.05, 4.69) is 36.1 Å². The average molecular weight is 268 g/mol. The molecule has 0 bridgehead atoms. The van der Waals surface area contributed by atoms with Crippen LogP contribution in [0.3, 0.4) is 0 Å². The van der Waals surface area contributed by atoms with Crippen LogP contribution in [0.15, 0.2) is 36.4 Å². The van der Waals surface area contributed by atoms with E-state index < -0.39 is 0 Å². The molecule has 3 rings (SSSR count). The summed E-state index contributed by atoms with van der Waals surface area (Å²) in [4.78, 5) is 2.40. The van der Waals surface area contributed by atoms with Crippen LogP contribution in [0.2, 0.25) is 0 Å². The van der Waals surface area contributed by atoms with Gasteiger partial charge in [-0.05, 0) is 48.2 Å². The lowest BCUT2D eigenvalue weighted by atomic mass is 10.1. The Bertz CT molecular complexity index is 620. The third-order valence-corrected chi connectivity index (χ3v) is 3.99. The van der Waals surface area contributed by atoms with Gasteiger partial charge in [-0.25, -0.2) is 0 Å². The predicted octanol–water partition coefficient (Wildman–Crippen LogP) is 3.15. The van der Waals surface area contributed by atoms with E-state index in [0.717, 1.165) is 30.9 Å². The normalized spacial score (nSPS) is 13.4. The van der Waals surface area contributed by atoms with Crippen LogP contribution in [0.1, 0.15) is 16.7 Å². The average Bonchev–Trinajstić information content (AvgIpc) is 2.83. The first-order valence-corrected chi connectivity index (χ1v) is 6.94. The Kier molecular flexibility index (Phi) is 3.26. The molecule has 0 aromatic heterocycles. The summed E-state index contributed by atoms with van der Waals surface area (Å²) in [6.07, 6.45) is 1.10. The number of nitrogen functional groups attached to an aromatic ring is 1. The summed E-state index contributed by atoms with van der Waals surface area (Å²) in [5.74, 6) is 0.899. The summed E-state index contributed by atoms with van der Waals surface area (Å²) in [6.45, 7) is 4.05. The fourth-order valence-electron chi connectivity index (χ4n) is 2.76. The summed E-state index contributed by atoms with van der Waals surface area (Å²) >= 11 is 0. The standard InChI is InChI=1S/C17H20N2O/c1-12-9-14-7-8-19(17(14)10-16(12)18)11-13-3-5-15(20-2)6-4-13/h3-6,9-10H,7-8,11,18H2,1-2H3. The second kappa shape index (κ2) is 5.08. The second-order valence-corrected chi connectivity index (χ2v) is 5.36. The van der Waals surface area contributed by atoms with E-state index in [1.54, 1.807) is 7.11 Å². The van der Waals surface area contributed by atoms with Crippen LogP contribution >= 0.6 is 0 Å². The van der Waals surface area contributed by atoms with Crippen LogP contribution in [0.5, 0.6) is 5.75 Å². The zero-order valence-corrected chi connectivity index (χ0v) is 12.0. The Labute approximate surface area is 120 Å².